The minimum absolute atomic E-state index is 0.120. The molecule has 1 aromatic carbocycles. The Morgan fingerprint density at radius 3 is 2.92 bits per heavy atom. The predicted molar refractivity (Wildman–Crippen MR) is 102 cm³/mol. The van der Waals surface area contributed by atoms with E-state index in [4.69, 9.17) is 9.47 Å². The number of anilines is 1. The molecule has 2 saturated heterocycles. The van der Waals surface area contributed by atoms with Gasteiger partial charge in [-0.1, -0.05) is 6.07 Å². The van der Waals surface area contributed by atoms with Crippen molar-refractivity contribution in [3.63, 3.8) is 0 Å². The molecule has 0 aliphatic carbocycles. The first-order valence-corrected chi connectivity index (χ1v) is 9.03. The van der Waals surface area contributed by atoms with Crippen LogP contribution in [0.5, 0.6) is 5.75 Å². The van der Waals surface area contributed by atoms with E-state index in [-0.39, 0.29) is 5.91 Å². The summed E-state index contributed by atoms with van der Waals surface area (Å²) in [6.07, 6.45) is 2.29. The molecule has 1 amide bonds. The topological polar surface area (TPSA) is 75.2 Å². The summed E-state index contributed by atoms with van der Waals surface area (Å²) in [7, 11) is 3.41. The average Bonchev–Trinajstić information content (AvgIpc) is 3.25. The van der Waals surface area contributed by atoms with Crippen LogP contribution in [-0.4, -0.2) is 57.2 Å². The number of rotatable bonds is 4. The SMILES string of the molecule is CN=C(NCc1ccc(OC)c(NC(C)=O)c1)N1CCC2(CCOC2)C1. The van der Waals surface area contributed by atoms with E-state index >= 15 is 0 Å². The van der Waals surface area contributed by atoms with Crippen molar-refractivity contribution in [3.8, 4) is 5.75 Å². The van der Waals surface area contributed by atoms with Crippen LogP contribution in [0.3, 0.4) is 0 Å². The number of methoxy groups -OCH3 is 1. The lowest BCUT2D eigenvalue weighted by Crippen LogP contribution is -2.41. The largest absolute Gasteiger partial charge is 0.495 e. The number of nitrogens with zero attached hydrogens (tertiary/aromatic N) is 2. The van der Waals surface area contributed by atoms with Crippen molar-refractivity contribution in [1.29, 1.82) is 0 Å². The molecule has 7 nitrogen and oxygen atoms in total. The Kier molecular flexibility index (Phi) is 5.66. The van der Waals surface area contributed by atoms with E-state index in [2.05, 4.69) is 20.5 Å². The van der Waals surface area contributed by atoms with Gasteiger partial charge in [0.25, 0.3) is 0 Å². The molecule has 26 heavy (non-hydrogen) atoms. The van der Waals surface area contributed by atoms with Crippen LogP contribution in [0.4, 0.5) is 5.69 Å². The van der Waals surface area contributed by atoms with Crippen molar-refractivity contribution >= 4 is 17.6 Å². The Labute approximate surface area is 154 Å². The summed E-state index contributed by atoms with van der Waals surface area (Å²) < 4.78 is 10.9. The fourth-order valence-corrected chi connectivity index (χ4v) is 3.75. The van der Waals surface area contributed by atoms with Crippen LogP contribution in [0.15, 0.2) is 23.2 Å². The van der Waals surface area contributed by atoms with Crippen LogP contribution in [-0.2, 0) is 16.1 Å². The van der Waals surface area contributed by atoms with Crippen LogP contribution < -0.4 is 15.4 Å². The lowest BCUT2D eigenvalue weighted by atomic mass is 9.87. The van der Waals surface area contributed by atoms with E-state index in [1.54, 1.807) is 7.11 Å². The zero-order chi connectivity index (χ0) is 18.6. The Balaban J connectivity index is 1.63. The maximum Gasteiger partial charge on any atom is 0.221 e. The fourth-order valence-electron chi connectivity index (χ4n) is 3.75. The van der Waals surface area contributed by atoms with Gasteiger partial charge < -0.3 is 25.0 Å². The molecule has 0 bridgehead atoms. The summed E-state index contributed by atoms with van der Waals surface area (Å²) in [4.78, 5) is 18.1. The molecule has 2 N–H and O–H groups in total. The highest BCUT2D eigenvalue weighted by Crippen LogP contribution is 2.38. The predicted octanol–water partition coefficient (Wildman–Crippen LogP) is 1.84. The second-order valence-corrected chi connectivity index (χ2v) is 7.09. The van der Waals surface area contributed by atoms with E-state index in [0.717, 1.165) is 50.7 Å². The van der Waals surface area contributed by atoms with Gasteiger partial charge in [-0.05, 0) is 30.5 Å². The lowest BCUT2D eigenvalue weighted by molar-refractivity contribution is -0.114. The number of carbonyl (C=O) groups excluding carboxylic acids is 1. The Bertz CT molecular complexity index is 683. The minimum Gasteiger partial charge on any atom is -0.495 e. The van der Waals surface area contributed by atoms with Crippen LogP contribution >= 0.6 is 0 Å². The van der Waals surface area contributed by atoms with E-state index < -0.39 is 0 Å². The molecular weight excluding hydrogens is 332 g/mol. The number of guanidine groups is 1. The van der Waals surface area contributed by atoms with Crippen molar-refractivity contribution in [1.82, 2.24) is 10.2 Å². The summed E-state index contributed by atoms with van der Waals surface area (Å²) in [5, 5.41) is 6.24. The van der Waals surface area contributed by atoms with Gasteiger partial charge in [0.2, 0.25) is 5.91 Å². The van der Waals surface area contributed by atoms with Crippen LogP contribution in [0, 0.1) is 5.41 Å². The molecule has 3 rings (SSSR count). The molecule has 1 aromatic rings. The first-order valence-electron chi connectivity index (χ1n) is 9.03. The second-order valence-electron chi connectivity index (χ2n) is 7.09. The first-order chi connectivity index (χ1) is 12.5. The van der Waals surface area contributed by atoms with Gasteiger partial charge in [0, 0.05) is 45.6 Å². The van der Waals surface area contributed by atoms with Crippen molar-refractivity contribution in [2.24, 2.45) is 10.4 Å². The Morgan fingerprint density at radius 1 is 1.42 bits per heavy atom. The van der Waals surface area contributed by atoms with Crippen LogP contribution in [0.1, 0.15) is 25.3 Å². The number of aliphatic imine (C=N–C) groups is 1. The third-order valence-electron chi connectivity index (χ3n) is 5.16. The zero-order valence-electron chi connectivity index (χ0n) is 15.8. The second kappa shape index (κ2) is 7.95. The highest BCUT2D eigenvalue weighted by molar-refractivity contribution is 5.90. The maximum absolute atomic E-state index is 11.4. The first kappa shape index (κ1) is 18.5. The third kappa shape index (κ3) is 4.09. The van der Waals surface area contributed by atoms with Gasteiger partial charge in [0.15, 0.2) is 5.96 Å². The molecule has 2 aliphatic rings. The fraction of sp³-hybridized carbons (Fsp3) is 0.579. The number of nitrogens with one attached hydrogen (secondary N) is 2. The highest BCUT2D eigenvalue weighted by atomic mass is 16.5. The van der Waals surface area contributed by atoms with Crippen LogP contribution in [0.25, 0.3) is 0 Å². The molecule has 0 radical (unpaired) electrons. The number of likely N-dealkylation sites (tertiary alicyclic amines) is 1. The van der Waals surface area contributed by atoms with Crippen LogP contribution in [0.2, 0.25) is 0 Å². The third-order valence-corrected chi connectivity index (χ3v) is 5.16. The van der Waals surface area contributed by atoms with Crippen molar-refractivity contribution in [3.05, 3.63) is 23.8 Å². The van der Waals surface area contributed by atoms with Gasteiger partial charge in [-0.25, -0.2) is 0 Å². The Morgan fingerprint density at radius 2 is 2.27 bits per heavy atom. The Hall–Kier alpha value is -2.28. The lowest BCUT2D eigenvalue weighted by Gasteiger charge is -2.25. The van der Waals surface area contributed by atoms with E-state index in [9.17, 15) is 4.79 Å². The van der Waals surface area contributed by atoms with E-state index in [1.165, 1.54) is 6.92 Å². The normalized spacial score (nSPS) is 22.7. The van der Waals surface area contributed by atoms with Gasteiger partial charge in [0.1, 0.15) is 5.75 Å². The molecule has 1 unspecified atom stereocenters. The summed E-state index contributed by atoms with van der Waals surface area (Å²) in [5.41, 5.74) is 2.03. The van der Waals surface area contributed by atoms with Gasteiger partial charge in [-0.15, -0.1) is 0 Å². The molecule has 1 spiro atoms. The zero-order valence-corrected chi connectivity index (χ0v) is 15.8. The van der Waals surface area contributed by atoms with Crippen molar-refractivity contribution in [2.75, 3.05) is 45.8 Å². The molecule has 0 aromatic heterocycles. The summed E-state index contributed by atoms with van der Waals surface area (Å²) >= 11 is 0. The molecule has 1 atom stereocenters. The van der Waals surface area contributed by atoms with Gasteiger partial charge in [-0.3, -0.25) is 9.79 Å². The van der Waals surface area contributed by atoms with Crippen molar-refractivity contribution in [2.45, 2.75) is 26.3 Å². The average molecular weight is 360 g/mol. The summed E-state index contributed by atoms with van der Waals surface area (Å²) in [6, 6.07) is 5.78. The number of hydrogen-bond donors (Lipinski definition) is 2. The summed E-state index contributed by atoms with van der Waals surface area (Å²) in [6.45, 7) is 5.84. The quantitative estimate of drug-likeness (QED) is 0.633. The van der Waals surface area contributed by atoms with Gasteiger partial charge >= 0.3 is 0 Å². The molecule has 2 fully saturated rings. The minimum atomic E-state index is -0.120. The molecule has 2 heterocycles. The molecule has 7 heteroatoms. The number of benzene rings is 1. The molecule has 142 valence electrons. The molecule has 2 aliphatic heterocycles. The number of hydrogen-bond acceptors (Lipinski definition) is 4. The van der Waals surface area contributed by atoms with Gasteiger partial charge in [-0.2, -0.15) is 0 Å². The standard InChI is InChI=1S/C19H28N4O3/c1-14(24)22-16-10-15(4-5-17(16)25-3)11-21-18(20-2)23-8-6-19(12-23)7-9-26-13-19/h4-5,10H,6-9,11-13H2,1-3H3,(H,20,21)(H,22,24). The number of ether oxygens (including phenoxy) is 2. The van der Waals surface area contributed by atoms with E-state index in [0.29, 0.717) is 23.4 Å². The molecular formula is C19H28N4O3. The number of amides is 1. The van der Waals surface area contributed by atoms with Gasteiger partial charge in [0.05, 0.1) is 19.4 Å². The molecule has 0 saturated carbocycles. The maximum atomic E-state index is 11.4. The van der Waals surface area contributed by atoms with Crippen molar-refractivity contribution < 1.29 is 14.3 Å². The summed E-state index contributed by atoms with van der Waals surface area (Å²) in [5.74, 6) is 1.44. The smallest absolute Gasteiger partial charge is 0.221 e. The van der Waals surface area contributed by atoms with E-state index in [1.807, 2.05) is 25.2 Å². The monoisotopic (exact) mass is 360 g/mol. The highest BCUT2D eigenvalue weighted by Gasteiger charge is 2.42. The number of carbonyl (C=O) groups is 1.